The molecule has 1 aromatic heterocycles. The van der Waals surface area contributed by atoms with E-state index in [9.17, 15) is 35.9 Å². The molecule has 24 heavy (non-hydrogen) atoms. The number of hydrogen-bond donors (Lipinski definition) is 2. The van der Waals surface area contributed by atoms with Gasteiger partial charge in [-0.05, 0) is 7.05 Å². The minimum absolute atomic E-state index is 0.915. The van der Waals surface area contributed by atoms with Gasteiger partial charge in [0.15, 0.2) is 23.3 Å². The molecule has 0 fully saturated rings. The average Bonchev–Trinajstić information content (AvgIpc) is 2.50. The van der Waals surface area contributed by atoms with Gasteiger partial charge < -0.3 is 15.0 Å². The van der Waals surface area contributed by atoms with Crippen molar-refractivity contribution in [2.75, 3.05) is 7.05 Å². The normalized spacial score (nSPS) is 19.3. The van der Waals surface area contributed by atoms with Crippen LogP contribution in [0.1, 0.15) is 22.1 Å². The standard InChI is InChI=1S/C13H6F6N2O3/c1-20-10-4-2-3(6(15)8(17)7(16)5(2)14)11(22)21-9(4)12(23)24-13(10,18)19/h10,20H,1H3,(H,21,22)/t10-/m0/s1. The van der Waals surface area contributed by atoms with Gasteiger partial charge in [0.25, 0.3) is 5.56 Å². The molecule has 1 aromatic carbocycles. The van der Waals surface area contributed by atoms with Crippen LogP contribution in [0.2, 0.25) is 0 Å². The van der Waals surface area contributed by atoms with E-state index in [-0.39, 0.29) is 0 Å². The van der Waals surface area contributed by atoms with Crippen molar-refractivity contribution in [2.45, 2.75) is 12.2 Å². The van der Waals surface area contributed by atoms with E-state index in [1.807, 2.05) is 5.32 Å². The fourth-order valence-electron chi connectivity index (χ4n) is 2.63. The first-order valence-electron chi connectivity index (χ1n) is 6.32. The Morgan fingerprint density at radius 3 is 2.08 bits per heavy atom. The van der Waals surface area contributed by atoms with Crippen molar-refractivity contribution >= 4 is 16.7 Å². The minimum Gasteiger partial charge on any atom is -0.395 e. The lowest BCUT2D eigenvalue weighted by atomic mass is 9.94. The first kappa shape index (κ1) is 16.3. The van der Waals surface area contributed by atoms with Crippen molar-refractivity contribution in [1.82, 2.24) is 10.3 Å². The Labute approximate surface area is 128 Å². The van der Waals surface area contributed by atoms with Crippen molar-refractivity contribution in [2.24, 2.45) is 0 Å². The molecule has 128 valence electrons. The van der Waals surface area contributed by atoms with Gasteiger partial charge in [-0.3, -0.25) is 4.79 Å². The molecule has 0 amide bonds. The molecule has 0 bridgehead atoms. The van der Waals surface area contributed by atoms with Gasteiger partial charge in [-0.1, -0.05) is 0 Å². The largest absolute Gasteiger partial charge is 0.420 e. The van der Waals surface area contributed by atoms with Crippen LogP contribution in [0.25, 0.3) is 10.8 Å². The highest BCUT2D eigenvalue weighted by molar-refractivity contribution is 5.98. The Balaban J connectivity index is 2.61. The molecular formula is C13H6F6N2O3. The molecule has 3 rings (SSSR count). The second-order valence-corrected chi connectivity index (χ2v) is 4.92. The van der Waals surface area contributed by atoms with E-state index in [2.05, 4.69) is 4.74 Å². The summed E-state index contributed by atoms with van der Waals surface area (Å²) < 4.78 is 86.4. The number of aromatic nitrogens is 1. The second-order valence-electron chi connectivity index (χ2n) is 4.92. The summed E-state index contributed by atoms with van der Waals surface area (Å²) in [5, 5.41) is -0.578. The number of esters is 1. The van der Waals surface area contributed by atoms with Gasteiger partial charge >= 0.3 is 12.1 Å². The van der Waals surface area contributed by atoms with Gasteiger partial charge in [0.1, 0.15) is 11.7 Å². The SMILES string of the molecule is CN[C@H]1c2c([nH]c(=O)c3c(F)c(F)c(F)c(F)c23)C(=O)OC1(F)F. The van der Waals surface area contributed by atoms with E-state index in [1.54, 1.807) is 4.98 Å². The summed E-state index contributed by atoms with van der Waals surface area (Å²) in [6.07, 6.45) is -4.21. The lowest BCUT2D eigenvalue weighted by Gasteiger charge is -2.32. The molecule has 5 nitrogen and oxygen atoms in total. The predicted octanol–water partition coefficient (Wildman–Crippen LogP) is 2.11. The zero-order valence-corrected chi connectivity index (χ0v) is 11.6. The Morgan fingerprint density at radius 1 is 1.00 bits per heavy atom. The molecule has 1 aliphatic rings. The number of alkyl halides is 2. The summed E-state index contributed by atoms with van der Waals surface area (Å²) in [5.74, 6) is -10.5. The summed E-state index contributed by atoms with van der Waals surface area (Å²) in [5.41, 5.74) is -3.36. The van der Waals surface area contributed by atoms with Crippen LogP contribution in [-0.2, 0) is 4.74 Å². The Bertz CT molecular complexity index is 955. The smallest absolute Gasteiger partial charge is 0.395 e. The maximum absolute atomic E-state index is 14.1. The van der Waals surface area contributed by atoms with Crippen LogP contribution in [0, 0.1) is 23.3 Å². The monoisotopic (exact) mass is 352 g/mol. The molecule has 1 atom stereocenters. The van der Waals surface area contributed by atoms with E-state index < -0.39 is 69.0 Å². The van der Waals surface area contributed by atoms with Crippen molar-refractivity contribution in [3.05, 3.63) is 44.9 Å². The highest BCUT2D eigenvalue weighted by Gasteiger charge is 2.52. The summed E-state index contributed by atoms with van der Waals surface area (Å²) >= 11 is 0. The third-order valence-electron chi connectivity index (χ3n) is 3.62. The number of rotatable bonds is 1. The van der Waals surface area contributed by atoms with E-state index in [4.69, 9.17) is 0 Å². The van der Waals surface area contributed by atoms with E-state index in [1.165, 1.54) is 0 Å². The number of aromatic amines is 1. The highest BCUT2D eigenvalue weighted by atomic mass is 19.3. The van der Waals surface area contributed by atoms with Gasteiger partial charge in [-0.25, -0.2) is 22.4 Å². The molecule has 0 radical (unpaired) electrons. The number of cyclic esters (lactones) is 1. The number of ether oxygens (including phenoxy) is 1. The zero-order valence-electron chi connectivity index (χ0n) is 11.6. The molecular weight excluding hydrogens is 346 g/mol. The van der Waals surface area contributed by atoms with Crippen LogP contribution in [0.3, 0.4) is 0 Å². The van der Waals surface area contributed by atoms with Crippen LogP contribution in [0.5, 0.6) is 0 Å². The minimum atomic E-state index is -4.21. The Morgan fingerprint density at radius 2 is 1.54 bits per heavy atom. The third-order valence-corrected chi connectivity index (χ3v) is 3.62. The van der Waals surface area contributed by atoms with Crippen molar-refractivity contribution in [3.63, 3.8) is 0 Å². The van der Waals surface area contributed by atoms with Crippen LogP contribution in [0.4, 0.5) is 26.3 Å². The van der Waals surface area contributed by atoms with Gasteiger partial charge in [0.05, 0.1) is 5.39 Å². The summed E-state index contributed by atoms with van der Waals surface area (Å²) in [7, 11) is 0.979. The number of likely N-dealkylation sites (N-methyl/N-ethyl adjacent to an activating group) is 1. The number of fused-ring (bicyclic) bond motifs is 3. The lowest BCUT2D eigenvalue weighted by molar-refractivity contribution is -0.226. The van der Waals surface area contributed by atoms with Gasteiger partial charge in [-0.15, -0.1) is 0 Å². The summed E-state index contributed by atoms with van der Waals surface area (Å²) in [6.45, 7) is 0. The summed E-state index contributed by atoms with van der Waals surface area (Å²) in [6, 6.07) is -2.23. The van der Waals surface area contributed by atoms with Crippen molar-refractivity contribution in [1.29, 1.82) is 0 Å². The molecule has 0 aliphatic carbocycles. The van der Waals surface area contributed by atoms with E-state index in [0.29, 0.717) is 0 Å². The third kappa shape index (κ3) is 1.94. The molecule has 0 saturated heterocycles. The van der Waals surface area contributed by atoms with E-state index in [0.717, 1.165) is 7.05 Å². The number of carbonyl (C=O) groups excluding carboxylic acids is 1. The van der Waals surface area contributed by atoms with Crippen LogP contribution in [-0.4, -0.2) is 24.1 Å². The lowest BCUT2D eigenvalue weighted by Crippen LogP contribution is -2.45. The number of H-pyrrole nitrogens is 1. The molecule has 2 N–H and O–H groups in total. The molecule has 0 spiro atoms. The Hall–Kier alpha value is -2.56. The zero-order chi connectivity index (χ0) is 18.0. The molecule has 1 aliphatic heterocycles. The number of hydrogen-bond acceptors (Lipinski definition) is 4. The number of carbonyl (C=O) groups is 1. The molecule has 0 saturated carbocycles. The molecule has 2 aromatic rings. The van der Waals surface area contributed by atoms with Crippen LogP contribution >= 0.6 is 0 Å². The predicted molar refractivity (Wildman–Crippen MR) is 66.6 cm³/mol. The average molecular weight is 352 g/mol. The van der Waals surface area contributed by atoms with Gasteiger partial charge in [-0.2, -0.15) is 8.78 Å². The summed E-state index contributed by atoms with van der Waals surface area (Å²) in [4.78, 5) is 25.2. The Kier molecular flexibility index (Phi) is 3.37. The van der Waals surface area contributed by atoms with Gasteiger partial charge in [0.2, 0.25) is 0 Å². The number of pyridine rings is 1. The number of benzene rings is 1. The van der Waals surface area contributed by atoms with Crippen molar-refractivity contribution < 1.29 is 35.9 Å². The second kappa shape index (κ2) is 4.97. The quantitative estimate of drug-likeness (QED) is 0.357. The fourth-order valence-corrected chi connectivity index (χ4v) is 2.63. The van der Waals surface area contributed by atoms with Gasteiger partial charge in [0, 0.05) is 10.9 Å². The highest BCUT2D eigenvalue weighted by Crippen LogP contribution is 2.42. The maximum Gasteiger partial charge on any atom is 0.420 e. The maximum atomic E-state index is 14.1. The fraction of sp³-hybridized carbons (Fsp3) is 0.231. The van der Waals surface area contributed by atoms with Crippen LogP contribution in [0.15, 0.2) is 4.79 Å². The first-order valence-corrected chi connectivity index (χ1v) is 6.32. The number of halogens is 6. The van der Waals surface area contributed by atoms with Crippen LogP contribution < -0.4 is 10.9 Å². The molecule has 11 heteroatoms. The molecule has 2 heterocycles. The molecule has 0 unspecified atom stereocenters. The topological polar surface area (TPSA) is 71.2 Å². The first-order chi connectivity index (χ1) is 11.1. The van der Waals surface area contributed by atoms with E-state index >= 15 is 0 Å². The van der Waals surface area contributed by atoms with Crippen molar-refractivity contribution in [3.8, 4) is 0 Å². The number of nitrogens with one attached hydrogen (secondary N) is 2.